The van der Waals surface area contributed by atoms with Crippen molar-refractivity contribution in [3.05, 3.63) is 35.5 Å². The highest BCUT2D eigenvalue weighted by Gasteiger charge is 2.19. The van der Waals surface area contributed by atoms with Crippen LogP contribution >= 0.6 is 0 Å². The van der Waals surface area contributed by atoms with Gasteiger partial charge in [0.1, 0.15) is 12.1 Å². The number of hydrazine groups is 1. The van der Waals surface area contributed by atoms with Crippen LogP contribution in [0.15, 0.2) is 24.2 Å². The molecule has 0 saturated heterocycles. The van der Waals surface area contributed by atoms with E-state index in [-0.39, 0.29) is 6.10 Å². The average Bonchev–Trinajstić information content (AvgIpc) is 3.30. The highest BCUT2D eigenvalue weighted by atomic mass is 16.5. The summed E-state index contributed by atoms with van der Waals surface area (Å²) < 4.78 is 8.18. The van der Waals surface area contributed by atoms with Crippen LogP contribution in [0.2, 0.25) is 0 Å². The number of nitrogens with zero attached hydrogens (tertiary/aromatic N) is 5. The quantitative estimate of drug-likeness (QED) is 0.407. The van der Waals surface area contributed by atoms with E-state index in [2.05, 4.69) is 15.4 Å². The number of aromatic nitrogens is 4. The third-order valence-corrected chi connectivity index (χ3v) is 6.77. The molecule has 9 nitrogen and oxygen atoms in total. The van der Waals surface area contributed by atoms with Crippen molar-refractivity contribution in [3.8, 4) is 5.75 Å². The summed E-state index contributed by atoms with van der Waals surface area (Å²) in [5.41, 5.74) is 9.25. The van der Waals surface area contributed by atoms with Crippen LogP contribution in [0.3, 0.4) is 0 Å². The lowest BCUT2D eigenvalue weighted by Gasteiger charge is -2.24. The maximum Gasteiger partial charge on any atom is 0.242 e. The van der Waals surface area contributed by atoms with Gasteiger partial charge in [0.05, 0.1) is 41.5 Å². The monoisotopic (exact) mass is 454 g/mol. The second-order valence-corrected chi connectivity index (χ2v) is 9.32. The topological polar surface area (TPSA) is 120 Å². The first-order valence-corrected chi connectivity index (χ1v) is 12.3. The summed E-state index contributed by atoms with van der Waals surface area (Å²) in [5, 5.41) is 9.40. The van der Waals surface area contributed by atoms with E-state index < -0.39 is 0 Å². The van der Waals surface area contributed by atoms with E-state index in [0.29, 0.717) is 29.9 Å². The molecule has 0 unspecified atom stereocenters. The standard InChI is InChI=1S/C24H38N8O/c1-17-22(33-19-11-7-4-8-12-19)14-13-20(29-17)23(25)21(31(2)26)15-27-24-28-16-32(30-24)18-9-5-3-6-10-18/h13-14,16,18-19H,3-12,15,25-26H2,1-2H3,(H,27,30)/b23-21-. The average molecular weight is 455 g/mol. The fourth-order valence-electron chi connectivity index (χ4n) is 4.78. The number of anilines is 1. The van der Waals surface area contributed by atoms with Crippen LogP contribution in [0.1, 0.15) is 81.6 Å². The number of ether oxygens (including phenoxy) is 1. The van der Waals surface area contributed by atoms with E-state index in [1.165, 1.54) is 43.5 Å². The highest BCUT2D eigenvalue weighted by Crippen LogP contribution is 2.28. The Morgan fingerprint density at radius 3 is 2.48 bits per heavy atom. The molecule has 0 atom stereocenters. The van der Waals surface area contributed by atoms with Gasteiger partial charge in [0.25, 0.3) is 0 Å². The summed E-state index contributed by atoms with van der Waals surface area (Å²) in [6.45, 7) is 2.36. The molecule has 5 N–H and O–H groups in total. The van der Waals surface area contributed by atoms with E-state index in [1.807, 2.05) is 30.1 Å². The van der Waals surface area contributed by atoms with Crippen LogP contribution in [0.25, 0.3) is 5.70 Å². The van der Waals surface area contributed by atoms with Gasteiger partial charge in [0, 0.05) is 7.05 Å². The zero-order chi connectivity index (χ0) is 23.2. The molecule has 2 aromatic rings. The molecular formula is C24H38N8O. The van der Waals surface area contributed by atoms with E-state index in [0.717, 1.165) is 42.8 Å². The third kappa shape index (κ3) is 5.96. The number of aryl methyl sites for hydroxylation is 1. The van der Waals surface area contributed by atoms with Crippen molar-refractivity contribution in [2.24, 2.45) is 11.6 Å². The predicted molar refractivity (Wildman–Crippen MR) is 130 cm³/mol. The van der Waals surface area contributed by atoms with Gasteiger partial charge in [-0.1, -0.05) is 25.7 Å². The Bertz CT molecular complexity index is 942. The summed E-state index contributed by atoms with van der Waals surface area (Å²) in [4.78, 5) is 9.13. The van der Waals surface area contributed by atoms with Gasteiger partial charge < -0.3 is 20.8 Å². The van der Waals surface area contributed by atoms with Gasteiger partial charge in [-0.05, 0) is 57.6 Å². The van der Waals surface area contributed by atoms with Crippen molar-refractivity contribution >= 4 is 11.6 Å². The zero-order valence-corrected chi connectivity index (χ0v) is 20.0. The summed E-state index contributed by atoms with van der Waals surface area (Å²) in [6.07, 6.45) is 14.2. The summed E-state index contributed by atoms with van der Waals surface area (Å²) in [7, 11) is 1.77. The normalized spacial score (nSPS) is 18.6. The second-order valence-electron chi connectivity index (χ2n) is 9.32. The molecule has 33 heavy (non-hydrogen) atoms. The van der Waals surface area contributed by atoms with Gasteiger partial charge in [0.15, 0.2) is 0 Å². The minimum Gasteiger partial charge on any atom is -0.489 e. The molecule has 180 valence electrons. The van der Waals surface area contributed by atoms with Gasteiger partial charge in [-0.25, -0.2) is 20.5 Å². The van der Waals surface area contributed by atoms with E-state index >= 15 is 0 Å². The molecule has 0 radical (unpaired) electrons. The van der Waals surface area contributed by atoms with E-state index in [4.69, 9.17) is 21.3 Å². The summed E-state index contributed by atoms with van der Waals surface area (Å²) in [6, 6.07) is 4.31. The van der Waals surface area contributed by atoms with Crippen LogP contribution < -0.4 is 21.6 Å². The molecule has 0 bridgehead atoms. The molecule has 0 aromatic carbocycles. The fraction of sp³-hybridized carbons (Fsp3) is 0.625. The third-order valence-electron chi connectivity index (χ3n) is 6.77. The summed E-state index contributed by atoms with van der Waals surface area (Å²) >= 11 is 0. The Hall–Kier alpha value is -2.81. The van der Waals surface area contributed by atoms with Crippen LogP contribution in [-0.2, 0) is 0 Å². The fourth-order valence-corrected chi connectivity index (χ4v) is 4.78. The molecule has 0 amide bonds. The lowest BCUT2D eigenvalue weighted by atomic mass is 9.96. The number of nitrogens with two attached hydrogens (primary N) is 2. The van der Waals surface area contributed by atoms with Gasteiger partial charge in [-0.3, -0.25) is 0 Å². The molecule has 9 heteroatoms. The van der Waals surface area contributed by atoms with Crippen molar-refractivity contribution in [2.75, 3.05) is 18.9 Å². The van der Waals surface area contributed by atoms with Gasteiger partial charge in [-0.2, -0.15) is 0 Å². The SMILES string of the molecule is Cc1nc(/C(N)=C(\CNc2ncn(C3CCCCC3)n2)N(C)N)ccc1OC1CCCCC1. The van der Waals surface area contributed by atoms with Crippen molar-refractivity contribution in [3.63, 3.8) is 0 Å². The Balaban J connectivity index is 1.43. The first kappa shape index (κ1) is 23.4. The van der Waals surface area contributed by atoms with Crippen molar-refractivity contribution in [1.29, 1.82) is 0 Å². The minimum absolute atomic E-state index is 0.286. The van der Waals surface area contributed by atoms with Crippen LogP contribution in [0.5, 0.6) is 5.75 Å². The van der Waals surface area contributed by atoms with Crippen molar-refractivity contribution < 1.29 is 4.74 Å². The maximum absolute atomic E-state index is 6.50. The molecule has 2 heterocycles. The Morgan fingerprint density at radius 1 is 1.12 bits per heavy atom. The smallest absolute Gasteiger partial charge is 0.242 e. The summed E-state index contributed by atoms with van der Waals surface area (Å²) in [5.74, 6) is 7.52. The predicted octanol–water partition coefficient (Wildman–Crippen LogP) is 3.74. The number of hydrogen-bond donors (Lipinski definition) is 3. The largest absolute Gasteiger partial charge is 0.489 e. The molecule has 2 aromatic heterocycles. The Kier molecular flexibility index (Phi) is 7.69. The molecule has 0 aliphatic heterocycles. The number of rotatable bonds is 8. The van der Waals surface area contributed by atoms with Crippen molar-refractivity contribution in [1.82, 2.24) is 24.8 Å². The number of hydrogen-bond acceptors (Lipinski definition) is 8. The van der Waals surface area contributed by atoms with Crippen LogP contribution in [-0.4, -0.2) is 44.5 Å². The Morgan fingerprint density at radius 2 is 1.82 bits per heavy atom. The molecule has 0 spiro atoms. The van der Waals surface area contributed by atoms with Gasteiger partial charge in [-0.15, -0.1) is 5.10 Å². The lowest BCUT2D eigenvalue weighted by Crippen LogP contribution is -2.32. The highest BCUT2D eigenvalue weighted by molar-refractivity contribution is 5.64. The Labute approximate surface area is 196 Å². The first-order valence-electron chi connectivity index (χ1n) is 12.3. The maximum atomic E-state index is 6.50. The van der Waals surface area contributed by atoms with Gasteiger partial charge >= 0.3 is 0 Å². The van der Waals surface area contributed by atoms with E-state index in [9.17, 15) is 0 Å². The van der Waals surface area contributed by atoms with Crippen molar-refractivity contribution in [2.45, 2.75) is 83.3 Å². The van der Waals surface area contributed by atoms with Crippen LogP contribution in [0, 0.1) is 6.92 Å². The lowest BCUT2D eigenvalue weighted by molar-refractivity contribution is 0.153. The number of pyridine rings is 1. The van der Waals surface area contributed by atoms with E-state index in [1.54, 1.807) is 7.05 Å². The molecular weight excluding hydrogens is 416 g/mol. The number of likely N-dealkylation sites (N-methyl/N-ethyl adjacent to an activating group) is 1. The van der Waals surface area contributed by atoms with Crippen LogP contribution in [0.4, 0.5) is 5.95 Å². The molecule has 2 aliphatic rings. The minimum atomic E-state index is 0.286. The number of nitrogens with one attached hydrogen (secondary N) is 1. The van der Waals surface area contributed by atoms with Gasteiger partial charge in [0.2, 0.25) is 5.95 Å². The first-order chi connectivity index (χ1) is 16.0. The molecule has 2 aliphatic carbocycles. The molecule has 2 saturated carbocycles. The molecule has 2 fully saturated rings. The second kappa shape index (κ2) is 10.9. The zero-order valence-electron chi connectivity index (χ0n) is 20.0. The molecule has 4 rings (SSSR count).